The Morgan fingerprint density at radius 1 is 1.50 bits per heavy atom. The number of aromatic hydroxyl groups is 1. The summed E-state index contributed by atoms with van der Waals surface area (Å²) < 4.78 is 0. The lowest BCUT2D eigenvalue weighted by atomic mass is 10.1. The van der Waals surface area contributed by atoms with Crippen LogP contribution in [0.15, 0.2) is 24.4 Å². The first kappa shape index (κ1) is 10.8. The number of nitrogens with zero attached hydrogens (tertiary/aromatic N) is 1. The molecule has 82 valence electrons. The van der Waals surface area contributed by atoms with E-state index in [1.807, 2.05) is 0 Å². The van der Waals surface area contributed by atoms with Crippen molar-refractivity contribution < 1.29 is 9.90 Å². The molecule has 4 heteroatoms. The normalized spacial score (nSPS) is 10.3. The van der Waals surface area contributed by atoms with Gasteiger partial charge in [0, 0.05) is 16.6 Å². The number of benzene rings is 1. The number of hydrogen-bond acceptors (Lipinski definition) is 4. The first-order chi connectivity index (χ1) is 7.76. The van der Waals surface area contributed by atoms with Crippen molar-refractivity contribution >= 4 is 17.6 Å². The standard InChI is InChI=1S/C12H11NO2S/c1-2-8-6-13-12(16-8)9-4-3-5-11(15)10(9)7-14/h3-7,15H,2H2,1H3. The van der Waals surface area contributed by atoms with Crippen LogP contribution in [0.5, 0.6) is 5.75 Å². The summed E-state index contributed by atoms with van der Waals surface area (Å²) in [4.78, 5) is 16.3. The molecule has 0 atom stereocenters. The van der Waals surface area contributed by atoms with Crippen LogP contribution in [0, 0.1) is 0 Å². The van der Waals surface area contributed by atoms with Gasteiger partial charge in [-0.15, -0.1) is 11.3 Å². The molecular formula is C12H11NO2S. The molecule has 2 aromatic rings. The molecule has 0 radical (unpaired) electrons. The second kappa shape index (κ2) is 4.45. The third-order valence-corrected chi connectivity index (χ3v) is 3.51. The topological polar surface area (TPSA) is 50.2 Å². The molecule has 0 saturated heterocycles. The summed E-state index contributed by atoms with van der Waals surface area (Å²) in [7, 11) is 0. The maximum absolute atomic E-state index is 10.9. The van der Waals surface area contributed by atoms with Crippen LogP contribution in [-0.4, -0.2) is 16.4 Å². The van der Waals surface area contributed by atoms with Gasteiger partial charge in [-0.1, -0.05) is 19.1 Å². The van der Waals surface area contributed by atoms with Crippen molar-refractivity contribution in [1.82, 2.24) is 4.98 Å². The van der Waals surface area contributed by atoms with Gasteiger partial charge in [0.2, 0.25) is 0 Å². The van der Waals surface area contributed by atoms with Crippen LogP contribution >= 0.6 is 11.3 Å². The van der Waals surface area contributed by atoms with E-state index < -0.39 is 0 Å². The fraction of sp³-hybridized carbons (Fsp3) is 0.167. The summed E-state index contributed by atoms with van der Waals surface area (Å²) in [5, 5.41) is 10.3. The predicted octanol–water partition coefficient (Wildman–Crippen LogP) is 2.89. The van der Waals surface area contributed by atoms with Crippen molar-refractivity contribution in [3.63, 3.8) is 0 Å². The molecule has 1 aromatic heterocycles. The molecule has 3 nitrogen and oxygen atoms in total. The fourth-order valence-electron chi connectivity index (χ4n) is 1.46. The summed E-state index contributed by atoms with van der Waals surface area (Å²) in [6, 6.07) is 5.01. The number of aromatic nitrogens is 1. The molecule has 2 rings (SSSR count). The number of aryl methyl sites for hydroxylation is 1. The number of thiazole rings is 1. The third kappa shape index (κ3) is 1.84. The number of phenols is 1. The average Bonchev–Trinajstić information content (AvgIpc) is 2.77. The van der Waals surface area contributed by atoms with E-state index in [-0.39, 0.29) is 5.75 Å². The molecule has 0 fully saturated rings. The molecule has 0 aliphatic carbocycles. The average molecular weight is 233 g/mol. The van der Waals surface area contributed by atoms with Crippen molar-refractivity contribution in [3.8, 4) is 16.3 Å². The first-order valence-corrected chi connectivity index (χ1v) is 5.80. The maximum atomic E-state index is 10.9. The van der Waals surface area contributed by atoms with Gasteiger partial charge in [0.1, 0.15) is 10.8 Å². The third-order valence-electron chi connectivity index (χ3n) is 2.33. The number of aldehydes is 1. The molecule has 1 aromatic carbocycles. The lowest BCUT2D eigenvalue weighted by molar-refractivity contribution is 0.112. The van der Waals surface area contributed by atoms with Gasteiger partial charge in [-0.3, -0.25) is 4.79 Å². The van der Waals surface area contributed by atoms with Gasteiger partial charge < -0.3 is 5.11 Å². The molecule has 0 saturated carbocycles. The quantitative estimate of drug-likeness (QED) is 0.829. The van der Waals surface area contributed by atoms with Crippen molar-refractivity contribution in [2.24, 2.45) is 0 Å². The van der Waals surface area contributed by atoms with Gasteiger partial charge >= 0.3 is 0 Å². The highest BCUT2D eigenvalue weighted by atomic mass is 32.1. The van der Waals surface area contributed by atoms with Gasteiger partial charge in [0.25, 0.3) is 0 Å². The zero-order chi connectivity index (χ0) is 11.5. The van der Waals surface area contributed by atoms with E-state index in [9.17, 15) is 9.90 Å². The smallest absolute Gasteiger partial charge is 0.154 e. The van der Waals surface area contributed by atoms with Crippen LogP contribution in [0.1, 0.15) is 22.2 Å². The van der Waals surface area contributed by atoms with Crippen LogP contribution in [0.2, 0.25) is 0 Å². The molecule has 16 heavy (non-hydrogen) atoms. The minimum Gasteiger partial charge on any atom is -0.507 e. The molecule has 0 aliphatic rings. The Kier molecular flexibility index (Phi) is 3.01. The Balaban J connectivity index is 2.54. The van der Waals surface area contributed by atoms with E-state index in [2.05, 4.69) is 11.9 Å². The Bertz CT molecular complexity index is 519. The minimum atomic E-state index is 0.000693. The van der Waals surface area contributed by atoms with Crippen LogP contribution in [0.4, 0.5) is 0 Å². The highest BCUT2D eigenvalue weighted by molar-refractivity contribution is 7.15. The Labute approximate surface area is 97.4 Å². The predicted molar refractivity (Wildman–Crippen MR) is 64.0 cm³/mol. The molecule has 0 unspecified atom stereocenters. The van der Waals surface area contributed by atoms with Gasteiger partial charge in [-0.05, 0) is 12.5 Å². The molecule has 0 amide bonds. The molecular weight excluding hydrogens is 222 g/mol. The molecule has 0 bridgehead atoms. The van der Waals surface area contributed by atoms with Crippen LogP contribution in [0.3, 0.4) is 0 Å². The van der Waals surface area contributed by atoms with Gasteiger partial charge in [-0.2, -0.15) is 0 Å². The monoisotopic (exact) mass is 233 g/mol. The second-order valence-electron chi connectivity index (χ2n) is 3.34. The Morgan fingerprint density at radius 2 is 2.31 bits per heavy atom. The van der Waals surface area contributed by atoms with Crippen LogP contribution in [-0.2, 0) is 6.42 Å². The minimum absolute atomic E-state index is 0.000693. The first-order valence-electron chi connectivity index (χ1n) is 4.98. The van der Waals surface area contributed by atoms with Crippen LogP contribution in [0.25, 0.3) is 10.6 Å². The van der Waals surface area contributed by atoms with Crippen molar-refractivity contribution in [3.05, 3.63) is 34.8 Å². The Hall–Kier alpha value is -1.68. The van der Waals surface area contributed by atoms with E-state index in [0.717, 1.165) is 16.3 Å². The lowest BCUT2D eigenvalue weighted by Gasteiger charge is -2.02. The Morgan fingerprint density at radius 3 is 2.94 bits per heavy atom. The van der Waals surface area contributed by atoms with Crippen molar-refractivity contribution in [1.29, 1.82) is 0 Å². The SMILES string of the molecule is CCc1cnc(-c2cccc(O)c2C=O)s1. The van der Waals surface area contributed by atoms with E-state index in [1.54, 1.807) is 29.7 Å². The zero-order valence-corrected chi connectivity index (χ0v) is 9.62. The molecule has 0 spiro atoms. The summed E-state index contributed by atoms with van der Waals surface area (Å²) >= 11 is 1.54. The summed E-state index contributed by atoms with van der Waals surface area (Å²) in [6.07, 6.45) is 3.39. The van der Waals surface area contributed by atoms with Crippen LogP contribution < -0.4 is 0 Å². The summed E-state index contributed by atoms with van der Waals surface area (Å²) in [6.45, 7) is 2.06. The second-order valence-corrected chi connectivity index (χ2v) is 4.46. The van der Waals surface area contributed by atoms with Gasteiger partial charge in [-0.25, -0.2) is 4.98 Å². The highest BCUT2D eigenvalue weighted by Gasteiger charge is 2.11. The highest BCUT2D eigenvalue weighted by Crippen LogP contribution is 2.31. The van der Waals surface area contributed by atoms with Gasteiger partial charge in [0.05, 0.1) is 5.56 Å². The van der Waals surface area contributed by atoms with E-state index in [4.69, 9.17) is 0 Å². The van der Waals surface area contributed by atoms with Crippen molar-refractivity contribution in [2.75, 3.05) is 0 Å². The maximum Gasteiger partial charge on any atom is 0.154 e. The zero-order valence-electron chi connectivity index (χ0n) is 8.80. The molecule has 1 N–H and O–H groups in total. The van der Waals surface area contributed by atoms with Gasteiger partial charge in [0.15, 0.2) is 6.29 Å². The molecule has 1 heterocycles. The number of carbonyl (C=O) groups is 1. The number of carbonyl (C=O) groups excluding carboxylic acids is 1. The summed E-state index contributed by atoms with van der Waals surface area (Å²) in [5.74, 6) is 0.000693. The van der Waals surface area contributed by atoms with E-state index >= 15 is 0 Å². The van der Waals surface area contributed by atoms with E-state index in [1.165, 1.54) is 6.07 Å². The summed E-state index contributed by atoms with van der Waals surface area (Å²) in [5.41, 5.74) is 0.999. The molecule has 0 aliphatic heterocycles. The fourth-order valence-corrected chi connectivity index (χ4v) is 2.35. The van der Waals surface area contributed by atoms with Crippen molar-refractivity contribution in [2.45, 2.75) is 13.3 Å². The number of phenolic OH excluding ortho intramolecular Hbond substituents is 1. The lowest BCUT2D eigenvalue weighted by Crippen LogP contribution is -1.87. The van der Waals surface area contributed by atoms with E-state index in [0.29, 0.717) is 17.4 Å². The number of hydrogen-bond donors (Lipinski definition) is 1. The largest absolute Gasteiger partial charge is 0.507 e. The number of rotatable bonds is 3.